The standard InChI is InChI=1S/C34H47NO12/c1-16-18(46-28(41)24(38)22(17-11-9-8-10-12-17)35-29(42)47-30(2,3)4)14-34(44)27(40)25-32(7,19(36)13-20-33(25,43)15-45-20)26(39)23(37)21(16)31(34,5)6/h8-12,18-20,22-25,27,36-38,40,43-44H,13-15H2,1-7H3,(H,35,42)/t18-,19-,20+,22-,23+,24+,25-,27-,32+,33-,34+/m0/s1. The SMILES string of the molecule is CC1=C2[C@@H](O)C(=O)[C@@]3(C)[C@H]([C@H](O)[C@](O)(C[C@@H]1OC(=O)[C@H](O)[C@@H](NC(=O)OC(C)(C)C)c1ccccc1)C2(C)C)[C@]1(O)CO[C@@H]1C[C@@H]3O. The number of rotatable bonds is 5. The lowest BCUT2D eigenvalue weighted by Crippen LogP contribution is -2.80. The van der Waals surface area contributed by atoms with Crippen LogP contribution in [0.5, 0.6) is 0 Å². The Morgan fingerprint density at radius 3 is 2.23 bits per heavy atom. The number of ether oxygens (including phenoxy) is 3. The average Bonchev–Trinajstić information content (AvgIpc) is 2.98. The predicted octanol–water partition coefficient (Wildman–Crippen LogP) is 0.824. The molecule has 1 aliphatic heterocycles. The van der Waals surface area contributed by atoms with Crippen LogP contribution in [0.25, 0.3) is 0 Å². The summed E-state index contributed by atoms with van der Waals surface area (Å²) < 4.78 is 16.6. The van der Waals surface area contributed by atoms with Gasteiger partial charge in [-0.1, -0.05) is 44.2 Å². The largest absolute Gasteiger partial charge is 0.456 e. The highest BCUT2D eigenvalue weighted by Crippen LogP contribution is 2.62. The molecule has 3 fully saturated rings. The van der Waals surface area contributed by atoms with Crippen molar-refractivity contribution in [2.45, 2.75) is 121 Å². The smallest absolute Gasteiger partial charge is 0.408 e. The van der Waals surface area contributed by atoms with E-state index in [9.17, 15) is 45.0 Å². The van der Waals surface area contributed by atoms with Gasteiger partial charge in [0.05, 0.1) is 36.4 Å². The van der Waals surface area contributed by atoms with Crippen molar-refractivity contribution in [1.29, 1.82) is 0 Å². The number of ketones is 1. The lowest BCUT2D eigenvalue weighted by atomic mass is 9.45. The number of carbonyl (C=O) groups is 3. The molecule has 0 aromatic heterocycles. The molecule has 1 amide bonds. The molecule has 2 saturated carbocycles. The van der Waals surface area contributed by atoms with E-state index in [0.29, 0.717) is 5.56 Å². The first-order chi connectivity index (χ1) is 21.6. The molecule has 13 heteroatoms. The number of hydrogen-bond acceptors (Lipinski definition) is 12. The van der Waals surface area contributed by atoms with E-state index in [1.807, 2.05) is 0 Å². The van der Waals surface area contributed by atoms with Crippen LogP contribution in [0, 0.1) is 16.7 Å². The second-order valence-electron chi connectivity index (χ2n) is 15.3. The normalized spacial score (nSPS) is 39.2. The van der Waals surface area contributed by atoms with Crippen LogP contribution >= 0.6 is 0 Å². The summed E-state index contributed by atoms with van der Waals surface area (Å²) in [6.07, 6.45) is -10.9. The molecule has 5 rings (SSSR count). The number of fused-ring (bicyclic) bond motifs is 5. The van der Waals surface area contributed by atoms with Gasteiger partial charge in [-0.15, -0.1) is 0 Å². The number of carbonyl (C=O) groups excluding carboxylic acids is 3. The molecule has 3 aliphatic carbocycles. The number of aliphatic hydroxyl groups is 6. The fourth-order valence-corrected chi connectivity index (χ4v) is 8.28. The Kier molecular flexibility index (Phi) is 8.74. The zero-order valence-electron chi connectivity index (χ0n) is 27.8. The first-order valence-corrected chi connectivity index (χ1v) is 15.9. The summed E-state index contributed by atoms with van der Waals surface area (Å²) in [5.41, 5.74) is -7.73. The maximum absolute atomic E-state index is 14.2. The Morgan fingerprint density at radius 1 is 1.06 bits per heavy atom. The number of amides is 1. The van der Waals surface area contributed by atoms with Gasteiger partial charge >= 0.3 is 12.1 Å². The summed E-state index contributed by atoms with van der Waals surface area (Å²) >= 11 is 0. The summed E-state index contributed by atoms with van der Waals surface area (Å²) in [6, 6.07) is 6.88. The maximum atomic E-state index is 14.2. The van der Waals surface area contributed by atoms with Gasteiger partial charge in [-0.25, -0.2) is 9.59 Å². The molecule has 0 unspecified atom stereocenters. The lowest BCUT2D eigenvalue weighted by molar-refractivity contribution is -0.344. The predicted molar refractivity (Wildman–Crippen MR) is 164 cm³/mol. The van der Waals surface area contributed by atoms with Crippen molar-refractivity contribution in [2.24, 2.45) is 16.7 Å². The summed E-state index contributed by atoms with van der Waals surface area (Å²) in [4.78, 5) is 40.5. The third-order valence-corrected chi connectivity index (χ3v) is 11.1. The van der Waals surface area contributed by atoms with Gasteiger partial charge in [0.1, 0.15) is 29.0 Å². The van der Waals surface area contributed by atoms with Gasteiger partial charge in [0.2, 0.25) is 0 Å². The highest BCUT2D eigenvalue weighted by molar-refractivity contribution is 5.93. The molecule has 0 spiro atoms. The molecule has 1 aromatic carbocycles. The highest BCUT2D eigenvalue weighted by Gasteiger charge is 2.75. The molecule has 2 bridgehead atoms. The Hall–Kier alpha value is -2.91. The number of hydrogen-bond donors (Lipinski definition) is 7. The van der Waals surface area contributed by atoms with Crippen LogP contribution in [0.2, 0.25) is 0 Å². The van der Waals surface area contributed by atoms with E-state index in [1.165, 1.54) is 27.7 Å². The van der Waals surface area contributed by atoms with Crippen molar-refractivity contribution in [3.8, 4) is 0 Å². The van der Waals surface area contributed by atoms with Gasteiger partial charge in [0.15, 0.2) is 11.9 Å². The second-order valence-corrected chi connectivity index (χ2v) is 15.3. The fourth-order valence-electron chi connectivity index (χ4n) is 8.28. The van der Waals surface area contributed by atoms with Gasteiger partial charge in [0, 0.05) is 24.2 Å². The molecule has 1 heterocycles. The Balaban J connectivity index is 1.53. The Morgan fingerprint density at radius 2 is 1.68 bits per heavy atom. The molecule has 13 nitrogen and oxygen atoms in total. The van der Waals surface area contributed by atoms with Crippen LogP contribution < -0.4 is 5.32 Å². The molecule has 4 aliphatic rings. The monoisotopic (exact) mass is 661 g/mol. The van der Waals surface area contributed by atoms with Crippen molar-refractivity contribution in [3.05, 3.63) is 47.0 Å². The number of Topliss-reactive ketones (excluding diaryl/α,β-unsaturated/α-hetero) is 1. The minimum atomic E-state index is -2.23. The Labute approximate surface area is 273 Å². The zero-order valence-corrected chi connectivity index (χ0v) is 27.8. The second kappa shape index (κ2) is 11.6. The molecule has 11 atom stereocenters. The first-order valence-electron chi connectivity index (χ1n) is 15.9. The van der Waals surface area contributed by atoms with Crippen LogP contribution in [0.15, 0.2) is 41.5 Å². The molecular formula is C34H47NO12. The quantitative estimate of drug-likeness (QED) is 0.173. The van der Waals surface area contributed by atoms with Crippen LogP contribution in [0.1, 0.15) is 72.9 Å². The summed E-state index contributed by atoms with van der Waals surface area (Å²) in [5.74, 6) is -3.53. The van der Waals surface area contributed by atoms with Crippen molar-refractivity contribution in [1.82, 2.24) is 5.32 Å². The summed E-state index contributed by atoms with van der Waals surface area (Å²) in [7, 11) is 0. The third kappa shape index (κ3) is 5.40. The fraction of sp³-hybridized carbons (Fsp3) is 0.676. The van der Waals surface area contributed by atoms with E-state index in [0.717, 1.165) is 0 Å². The number of aliphatic hydroxyl groups excluding tert-OH is 4. The summed E-state index contributed by atoms with van der Waals surface area (Å²) in [6.45, 7) is 10.7. The van der Waals surface area contributed by atoms with Crippen molar-refractivity contribution >= 4 is 17.8 Å². The maximum Gasteiger partial charge on any atom is 0.408 e. The molecule has 7 N–H and O–H groups in total. The van der Waals surface area contributed by atoms with E-state index in [2.05, 4.69) is 5.32 Å². The lowest BCUT2D eigenvalue weighted by Gasteiger charge is -2.66. The zero-order chi connectivity index (χ0) is 35.1. The molecule has 1 saturated heterocycles. The minimum Gasteiger partial charge on any atom is -0.456 e. The molecule has 1 aromatic rings. The van der Waals surface area contributed by atoms with Crippen molar-refractivity contribution < 1.29 is 59.2 Å². The van der Waals surface area contributed by atoms with Gasteiger partial charge in [-0.05, 0) is 51.3 Å². The van der Waals surface area contributed by atoms with Gasteiger partial charge in [-0.3, -0.25) is 4.79 Å². The van der Waals surface area contributed by atoms with Crippen LogP contribution in [0.4, 0.5) is 4.79 Å². The molecular weight excluding hydrogens is 614 g/mol. The van der Waals surface area contributed by atoms with E-state index < -0.39 is 100 Å². The Bertz CT molecular complexity index is 1450. The number of esters is 1. The average molecular weight is 662 g/mol. The van der Waals surface area contributed by atoms with Gasteiger partial charge < -0.3 is 50.2 Å². The summed E-state index contributed by atoms with van der Waals surface area (Å²) in [5, 5.41) is 73.0. The number of benzene rings is 1. The third-order valence-electron chi connectivity index (χ3n) is 11.1. The highest BCUT2D eigenvalue weighted by atomic mass is 16.6. The minimum absolute atomic E-state index is 0.0140. The van der Waals surface area contributed by atoms with Crippen LogP contribution in [-0.2, 0) is 23.8 Å². The van der Waals surface area contributed by atoms with Crippen LogP contribution in [0.3, 0.4) is 0 Å². The molecule has 47 heavy (non-hydrogen) atoms. The molecule has 0 radical (unpaired) electrons. The topological polar surface area (TPSA) is 212 Å². The van der Waals surface area contributed by atoms with E-state index in [4.69, 9.17) is 14.2 Å². The van der Waals surface area contributed by atoms with Crippen molar-refractivity contribution in [3.63, 3.8) is 0 Å². The number of alkyl carbamates (subject to hydrolysis) is 1. The number of nitrogens with one attached hydrogen (secondary N) is 1. The van der Waals surface area contributed by atoms with Gasteiger partial charge in [-0.2, -0.15) is 0 Å². The van der Waals surface area contributed by atoms with Gasteiger partial charge in [0.25, 0.3) is 0 Å². The molecule has 260 valence electrons. The van der Waals surface area contributed by atoms with E-state index in [-0.39, 0.29) is 24.2 Å². The van der Waals surface area contributed by atoms with E-state index in [1.54, 1.807) is 51.1 Å². The first kappa shape index (κ1) is 35.4. The van der Waals surface area contributed by atoms with Crippen molar-refractivity contribution in [2.75, 3.05) is 6.61 Å². The van der Waals surface area contributed by atoms with Crippen LogP contribution in [-0.4, -0.2) is 109 Å². The van der Waals surface area contributed by atoms with E-state index >= 15 is 0 Å².